The van der Waals surface area contributed by atoms with Crippen LogP contribution in [0, 0.1) is 0 Å². The Labute approximate surface area is 281 Å². The molecule has 6 aromatic rings. The Morgan fingerprint density at radius 1 is 0.426 bits per heavy atom. The molecule has 0 unspecified atom stereocenters. The van der Waals surface area contributed by atoms with E-state index in [9.17, 15) is 0 Å². The number of benzene rings is 6. The Hall–Kier alpha value is -4.51. The van der Waals surface area contributed by atoms with Crippen molar-refractivity contribution >= 4 is 64.5 Å². The highest BCUT2D eigenvalue weighted by Crippen LogP contribution is 2.61. The fourth-order valence-electron chi connectivity index (χ4n) is 7.33. The van der Waals surface area contributed by atoms with Gasteiger partial charge in [-0.15, -0.1) is 0 Å². The van der Waals surface area contributed by atoms with Crippen molar-refractivity contribution in [2.75, 3.05) is 0 Å². The fourth-order valence-corrected chi connectivity index (χ4v) is 21.1. The normalized spacial score (nSPS) is 14.0. The molecule has 47 heavy (non-hydrogen) atoms. The SMILES string of the molecule is C1=CC(=P(C2=[Si]=C([P+](c3ccccc3)(c3ccccc3)c3ccccc3)c3ccccc32)(c2ccccc2)c2ccccc2)C=CC1. The molecule has 0 nitrogen and oxygen atoms in total. The number of allylic oxidation sites excluding steroid dienone is 4. The van der Waals surface area contributed by atoms with E-state index >= 15 is 0 Å². The van der Waals surface area contributed by atoms with Crippen LogP contribution in [0.15, 0.2) is 200 Å². The smallest absolute Gasteiger partial charge is 0.0801 e. The van der Waals surface area contributed by atoms with Gasteiger partial charge in [-0.2, -0.15) is 0 Å². The lowest BCUT2D eigenvalue weighted by molar-refractivity contribution is 1.39. The molecule has 8 rings (SSSR count). The molecule has 0 saturated carbocycles. The third-order valence-electron chi connectivity index (χ3n) is 9.30. The van der Waals surface area contributed by atoms with Crippen LogP contribution in [-0.2, 0) is 0 Å². The first-order valence-electron chi connectivity index (χ1n) is 16.2. The van der Waals surface area contributed by atoms with Crippen molar-refractivity contribution in [1.82, 2.24) is 0 Å². The first kappa shape index (κ1) is 29.9. The van der Waals surface area contributed by atoms with Gasteiger partial charge in [-0.3, -0.25) is 0 Å². The standard InChI is InChI=1S/C44H35P2Si/c1-7-21-35(22-8-1)45(36-23-9-2-10-24-36,37-25-11-3-12-26-37)43-41-33-19-20-34-42(41)44(47-43)46(38-27-13-4-14-28-38,39-29-15-5-16-30-39)40-31-17-6-18-32-40/h1-5,7-34H,6H2/q+1. The Balaban J connectivity index is 1.62. The molecule has 0 radical (unpaired) electrons. The van der Waals surface area contributed by atoms with E-state index in [4.69, 9.17) is 0 Å². The summed E-state index contributed by atoms with van der Waals surface area (Å²) in [5.41, 5.74) is 2.82. The molecule has 0 aromatic heterocycles. The number of rotatable bonds is 7. The molecule has 0 N–H and O–H groups in total. The molecule has 0 atom stereocenters. The monoisotopic (exact) mass is 653 g/mol. The zero-order chi connectivity index (χ0) is 31.5. The number of fused-ring (bicyclic) bond motifs is 1. The molecule has 1 aliphatic heterocycles. The summed E-state index contributed by atoms with van der Waals surface area (Å²) in [6, 6.07) is 66.2. The van der Waals surface area contributed by atoms with Crippen molar-refractivity contribution in [1.29, 1.82) is 0 Å². The maximum atomic E-state index is 2.43. The van der Waals surface area contributed by atoms with E-state index in [1.165, 1.54) is 42.9 Å². The van der Waals surface area contributed by atoms with Gasteiger partial charge in [0.25, 0.3) is 0 Å². The second-order valence-electron chi connectivity index (χ2n) is 11.9. The van der Waals surface area contributed by atoms with Crippen molar-refractivity contribution in [3.05, 3.63) is 211 Å². The fraction of sp³-hybridized carbons (Fsp3) is 0.0227. The quantitative estimate of drug-likeness (QED) is 0.122. The third-order valence-corrected chi connectivity index (χ3v) is 21.3. The van der Waals surface area contributed by atoms with Crippen LogP contribution in [0.25, 0.3) is 0 Å². The average Bonchev–Trinajstić information content (AvgIpc) is 3.55. The van der Waals surface area contributed by atoms with E-state index < -0.39 is 14.1 Å². The molecule has 0 bridgehead atoms. The minimum absolute atomic E-state index is 0.527. The highest BCUT2D eigenvalue weighted by atomic mass is 31.2. The predicted octanol–water partition coefficient (Wildman–Crippen LogP) is 7.71. The number of hydrogen-bond donors (Lipinski definition) is 0. The summed E-state index contributed by atoms with van der Waals surface area (Å²) in [4.78, 5) is 3.16. The lowest BCUT2D eigenvalue weighted by Crippen LogP contribution is -2.37. The van der Waals surface area contributed by atoms with Crippen LogP contribution >= 0.6 is 14.1 Å². The molecular weight excluding hydrogens is 619 g/mol. The highest BCUT2D eigenvalue weighted by Gasteiger charge is 2.52. The molecule has 224 valence electrons. The molecule has 0 saturated heterocycles. The van der Waals surface area contributed by atoms with Crippen LogP contribution < -0.4 is 26.5 Å². The molecule has 1 heterocycles. The van der Waals surface area contributed by atoms with Gasteiger partial charge in [0.15, 0.2) is 0 Å². The van der Waals surface area contributed by atoms with Gasteiger partial charge in [-0.25, -0.2) is 0 Å². The topological polar surface area (TPSA) is 0 Å². The molecule has 0 fully saturated rings. The van der Waals surface area contributed by atoms with Crippen molar-refractivity contribution in [3.8, 4) is 0 Å². The van der Waals surface area contributed by atoms with Gasteiger partial charge < -0.3 is 0 Å². The van der Waals surface area contributed by atoms with Gasteiger partial charge >= 0.3 is 0 Å². The summed E-state index contributed by atoms with van der Waals surface area (Å²) in [5, 5.41) is 8.49. The van der Waals surface area contributed by atoms with Crippen LogP contribution in [-0.4, -0.2) is 23.9 Å². The van der Waals surface area contributed by atoms with E-state index in [1.807, 2.05) is 0 Å². The summed E-state index contributed by atoms with van der Waals surface area (Å²) in [6.45, 7) is -2.27. The van der Waals surface area contributed by atoms with Crippen molar-refractivity contribution < 1.29 is 0 Å². The maximum absolute atomic E-state index is 2.43. The van der Waals surface area contributed by atoms with E-state index in [2.05, 4.69) is 200 Å². The molecule has 6 aromatic carbocycles. The van der Waals surface area contributed by atoms with Crippen molar-refractivity contribution in [3.63, 3.8) is 0 Å². The molecule has 0 amide bonds. The Morgan fingerprint density at radius 2 is 0.809 bits per heavy atom. The van der Waals surface area contributed by atoms with Crippen LogP contribution in [0.3, 0.4) is 0 Å². The largest absolute Gasteiger partial charge is 0.146 e. The summed E-state index contributed by atoms with van der Waals surface area (Å²) in [5.74, 6) is 0. The van der Waals surface area contributed by atoms with Crippen molar-refractivity contribution in [2.45, 2.75) is 6.42 Å². The molecule has 0 spiro atoms. The van der Waals surface area contributed by atoms with E-state index in [0.29, 0.717) is 8.74 Å². The summed E-state index contributed by atoms with van der Waals surface area (Å²) in [6.07, 6.45) is 10.5. The molecule has 2 aliphatic rings. The van der Waals surface area contributed by atoms with Gasteiger partial charge in [-0.1, -0.05) is 164 Å². The minimum Gasteiger partial charge on any atom is -0.0801 e. The summed E-state index contributed by atoms with van der Waals surface area (Å²) in [7, 11) is -1.76. The second-order valence-corrected chi connectivity index (χ2v) is 20.6. The maximum Gasteiger partial charge on any atom is 0.146 e. The first-order chi connectivity index (χ1) is 23.3. The Kier molecular flexibility index (Phi) is 8.22. The number of hydrogen-bond acceptors (Lipinski definition) is 0. The summed E-state index contributed by atoms with van der Waals surface area (Å²) >= 11 is 0. The third kappa shape index (κ3) is 4.94. The van der Waals surface area contributed by atoms with Gasteiger partial charge in [0, 0.05) is 19.2 Å². The first-order valence-corrected chi connectivity index (χ1v) is 20.8. The lowest BCUT2D eigenvalue weighted by Gasteiger charge is -2.32. The molecule has 3 heteroatoms. The predicted molar refractivity (Wildman–Crippen MR) is 213 cm³/mol. The Bertz CT molecular complexity index is 2070. The zero-order valence-electron chi connectivity index (χ0n) is 26.2. The average molecular weight is 654 g/mol. The van der Waals surface area contributed by atoms with E-state index in [-0.39, 0.29) is 0 Å². The van der Waals surface area contributed by atoms with Crippen LogP contribution in [0.1, 0.15) is 17.5 Å². The second kappa shape index (κ2) is 12.9. The van der Waals surface area contributed by atoms with Crippen LogP contribution in [0.4, 0.5) is 0 Å². The lowest BCUT2D eigenvalue weighted by atomic mass is 10.1. The van der Waals surface area contributed by atoms with E-state index in [0.717, 1.165) is 6.42 Å². The minimum atomic E-state index is -2.28. The van der Waals surface area contributed by atoms with E-state index in [1.54, 1.807) is 9.82 Å². The van der Waals surface area contributed by atoms with Gasteiger partial charge in [0.2, 0.25) is 0 Å². The molecular formula is C44H35P2Si+. The van der Waals surface area contributed by atoms with Gasteiger partial charge in [0.05, 0.1) is 0 Å². The van der Waals surface area contributed by atoms with Crippen molar-refractivity contribution in [2.24, 2.45) is 0 Å². The van der Waals surface area contributed by atoms with Gasteiger partial charge in [0.1, 0.15) is 28.1 Å². The zero-order valence-corrected chi connectivity index (χ0v) is 28.9. The Morgan fingerprint density at radius 3 is 1.26 bits per heavy atom. The van der Waals surface area contributed by atoms with Gasteiger partial charge in [-0.05, 0) is 71.2 Å². The van der Waals surface area contributed by atoms with Crippen LogP contribution in [0.5, 0.6) is 0 Å². The highest BCUT2D eigenvalue weighted by molar-refractivity contribution is 8.12. The summed E-state index contributed by atoms with van der Waals surface area (Å²) < 4.78 is 0. The van der Waals surface area contributed by atoms with Crippen LogP contribution in [0.2, 0.25) is 0 Å². The molecule has 1 aliphatic carbocycles.